The highest BCUT2D eigenvalue weighted by atomic mass is 16.3. The molecule has 0 saturated heterocycles. The van der Waals surface area contributed by atoms with E-state index in [9.17, 15) is 4.79 Å². The molecule has 2 aliphatic carbocycles. The van der Waals surface area contributed by atoms with E-state index < -0.39 is 0 Å². The highest BCUT2D eigenvalue weighted by Gasteiger charge is 2.63. The summed E-state index contributed by atoms with van der Waals surface area (Å²) in [6.45, 7) is 6.66. The molecule has 106 valence electrons. The van der Waals surface area contributed by atoms with Crippen LogP contribution in [0.15, 0.2) is 29.8 Å². The predicted molar refractivity (Wildman–Crippen MR) is 80.0 cm³/mol. The summed E-state index contributed by atoms with van der Waals surface area (Å²) in [6.07, 6.45) is 4.19. The lowest BCUT2D eigenvalue weighted by atomic mass is 9.70. The second-order valence-corrected chi connectivity index (χ2v) is 6.97. The van der Waals surface area contributed by atoms with Crippen LogP contribution in [0.2, 0.25) is 0 Å². The standard InChI is InChI=1S/C18H22O2/c1-17(2)15-8-9-18(17,3)16(20)14(15)10-12-4-6-13(11-19)7-5-12/h4-7,10,15,19H,8-9,11H2,1-3H3/b14-10-. The average Bonchev–Trinajstić information content (AvgIpc) is 2.74. The normalized spacial score (nSPS) is 33.1. The first kappa shape index (κ1) is 13.6. The Morgan fingerprint density at radius 3 is 2.40 bits per heavy atom. The van der Waals surface area contributed by atoms with Crippen LogP contribution < -0.4 is 0 Å². The van der Waals surface area contributed by atoms with Crippen LogP contribution in [0.5, 0.6) is 0 Å². The molecule has 2 aliphatic rings. The van der Waals surface area contributed by atoms with Crippen LogP contribution in [0.25, 0.3) is 6.08 Å². The van der Waals surface area contributed by atoms with Crippen molar-refractivity contribution in [2.45, 2.75) is 40.2 Å². The van der Waals surface area contributed by atoms with Gasteiger partial charge in [0.15, 0.2) is 5.78 Å². The fourth-order valence-electron chi connectivity index (χ4n) is 3.99. The first-order chi connectivity index (χ1) is 9.40. The molecule has 0 aromatic heterocycles. The molecule has 0 heterocycles. The molecule has 2 nitrogen and oxygen atoms in total. The third-order valence-electron chi connectivity index (χ3n) is 5.85. The van der Waals surface area contributed by atoms with Crippen LogP contribution in [-0.2, 0) is 11.4 Å². The third-order valence-corrected chi connectivity index (χ3v) is 5.85. The van der Waals surface area contributed by atoms with E-state index in [1.54, 1.807) is 0 Å². The number of carbonyl (C=O) groups is 1. The zero-order chi connectivity index (χ0) is 14.5. The Hall–Kier alpha value is -1.41. The number of ketones is 1. The summed E-state index contributed by atoms with van der Waals surface area (Å²) >= 11 is 0. The zero-order valence-corrected chi connectivity index (χ0v) is 12.4. The number of allylic oxidation sites excluding steroid dienone is 1. The first-order valence-corrected chi connectivity index (χ1v) is 7.36. The minimum Gasteiger partial charge on any atom is -0.392 e. The average molecular weight is 270 g/mol. The van der Waals surface area contributed by atoms with Crippen molar-refractivity contribution in [2.75, 3.05) is 0 Å². The molecule has 20 heavy (non-hydrogen) atoms. The van der Waals surface area contributed by atoms with E-state index in [0.717, 1.165) is 29.5 Å². The van der Waals surface area contributed by atoms with Gasteiger partial charge in [-0.25, -0.2) is 0 Å². The highest BCUT2D eigenvalue weighted by molar-refractivity contribution is 6.07. The molecule has 0 amide bonds. The van der Waals surface area contributed by atoms with E-state index >= 15 is 0 Å². The van der Waals surface area contributed by atoms with E-state index in [4.69, 9.17) is 5.11 Å². The minimum absolute atomic E-state index is 0.0590. The molecule has 1 aromatic carbocycles. The van der Waals surface area contributed by atoms with Gasteiger partial charge < -0.3 is 5.11 Å². The molecule has 2 fully saturated rings. The molecule has 0 radical (unpaired) electrons. The third kappa shape index (κ3) is 1.64. The molecule has 2 saturated carbocycles. The van der Waals surface area contributed by atoms with Gasteiger partial charge in [-0.3, -0.25) is 4.79 Å². The largest absolute Gasteiger partial charge is 0.392 e. The van der Waals surface area contributed by atoms with Gasteiger partial charge in [0.1, 0.15) is 0 Å². The van der Waals surface area contributed by atoms with Gasteiger partial charge in [-0.2, -0.15) is 0 Å². The number of Topliss-reactive ketones (excluding diaryl/α,β-unsaturated/α-hetero) is 1. The Bertz CT molecular complexity index is 580. The summed E-state index contributed by atoms with van der Waals surface area (Å²) in [7, 11) is 0. The quantitative estimate of drug-likeness (QED) is 0.834. The van der Waals surface area contributed by atoms with Crippen molar-refractivity contribution < 1.29 is 9.90 Å². The number of aliphatic hydroxyl groups excluding tert-OH is 1. The molecule has 3 rings (SSSR count). The topological polar surface area (TPSA) is 37.3 Å². The Balaban J connectivity index is 1.99. The maximum Gasteiger partial charge on any atom is 0.165 e. The number of aliphatic hydroxyl groups is 1. The molecule has 2 bridgehead atoms. The molecule has 1 aromatic rings. The molecular weight excluding hydrogens is 248 g/mol. The monoisotopic (exact) mass is 270 g/mol. The van der Waals surface area contributed by atoms with Crippen molar-refractivity contribution in [1.29, 1.82) is 0 Å². The summed E-state index contributed by atoms with van der Waals surface area (Å²) in [6, 6.07) is 7.79. The van der Waals surface area contributed by atoms with Crippen molar-refractivity contribution in [3.63, 3.8) is 0 Å². The lowest BCUT2D eigenvalue weighted by Crippen LogP contribution is -2.32. The molecule has 2 atom stereocenters. The summed E-state index contributed by atoms with van der Waals surface area (Å²) in [4.78, 5) is 12.7. The molecular formula is C18H22O2. The van der Waals surface area contributed by atoms with E-state index in [-0.39, 0.29) is 17.4 Å². The van der Waals surface area contributed by atoms with Gasteiger partial charge in [-0.1, -0.05) is 45.0 Å². The summed E-state index contributed by atoms with van der Waals surface area (Å²) in [5, 5.41) is 9.07. The summed E-state index contributed by atoms with van der Waals surface area (Å²) in [5.74, 6) is 0.725. The van der Waals surface area contributed by atoms with Crippen molar-refractivity contribution in [1.82, 2.24) is 0 Å². The maximum atomic E-state index is 12.7. The van der Waals surface area contributed by atoms with E-state index in [0.29, 0.717) is 11.7 Å². The van der Waals surface area contributed by atoms with Crippen LogP contribution in [0.4, 0.5) is 0 Å². The van der Waals surface area contributed by atoms with E-state index in [1.807, 2.05) is 24.3 Å². The predicted octanol–water partition coefficient (Wildman–Crippen LogP) is 3.59. The SMILES string of the molecule is CC12CCC(/C(=C/c3ccc(CO)cc3)C1=O)C2(C)C. The number of rotatable bonds is 2. The summed E-state index contributed by atoms with van der Waals surface area (Å²) in [5.41, 5.74) is 2.84. The Labute approximate surface area is 120 Å². The fourth-order valence-corrected chi connectivity index (χ4v) is 3.99. The van der Waals surface area contributed by atoms with Gasteiger partial charge in [-0.05, 0) is 47.0 Å². The van der Waals surface area contributed by atoms with Gasteiger partial charge in [0.05, 0.1) is 6.61 Å². The van der Waals surface area contributed by atoms with Gasteiger partial charge in [-0.15, -0.1) is 0 Å². The number of hydrogen-bond acceptors (Lipinski definition) is 2. The minimum atomic E-state index is -0.186. The van der Waals surface area contributed by atoms with Crippen molar-refractivity contribution in [2.24, 2.45) is 16.7 Å². The number of hydrogen-bond donors (Lipinski definition) is 1. The Morgan fingerprint density at radius 1 is 1.25 bits per heavy atom. The molecule has 2 heteroatoms. The second-order valence-electron chi connectivity index (χ2n) is 6.97. The zero-order valence-electron chi connectivity index (χ0n) is 12.4. The van der Waals surface area contributed by atoms with Gasteiger partial charge in [0.2, 0.25) is 0 Å². The number of benzene rings is 1. The van der Waals surface area contributed by atoms with Crippen molar-refractivity contribution in [3.8, 4) is 0 Å². The van der Waals surface area contributed by atoms with Crippen LogP contribution in [-0.4, -0.2) is 10.9 Å². The van der Waals surface area contributed by atoms with Gasteiger partial charge in [0, 0.05) is 5.41 Å². The van der Waals surface area contributed by atoms with Crippen LogP contribution in [0, 0.1) is 16.7 Å². The van der Waals surface area contributed by atoms with Gasteiger partial charge in [0.25, 0.3) is 0 Å². The molecule has 2 unspecified atom stereocenters. The van der Waals surface area contributed by atoms with Crippen LogP contribution in [0.1, 0.15) is 44.7 Å². The lowest BCUT2D eigenvalue weighted by molar-refractivity contribution is -0.125. The lowest BCUT2D eigenvalue weighted by Gasteiger charge is -2.31. The molecule has 0 aliphatic heterocycles. The smallest absolute Gasteiger partial charge is 0.165 e. The van der Waals surface area contributed by atoms with Crippen LogP contribution in [0.3, 0.4) is 0 Å². The molecule has 1 N–H and O–H groups in total. The van der Waals surface area contributed by atoms with Crippen molar-refractivity contribution >= 4 is 11.9 Å². The van der Waals surface area contributed by atoms with E-state index in [1.165, 1.54) is 0 Å². The Morgan fingerprint density at radius 2 is 1.90 bits per heavy atom. The highest BCUT2D eigenvalue weighted by Crippen LogP contribution is 2.65. The van der Waals surface area contributed by atoms with Crippen LogP contribution >= 0.6 is 0 Å². The van der Waals surface area contributed by atoms with Gasteiger partial charge >= 0.3 is 0 Å². The first-order valence-electron chi connectivity index (χ1n) is 7.36. The second kappa shape index (κ2) is 4.29. The van der Waals surface area contributed by atoms with E-state index in [2.05, 4.69) is 26.8 Å². The number of fused-ring (bicyclic) bond motifs is 2. The fraction of sp³-hybridized carbons (Fsp3) is 0.500. The summed E-state index contributed by atoms with van der Waals surface area (Å²) < 4.78 is 0. The Kier molecular flexibility index (Phi) is 2.91. The maximum absolute atomic E-state index is 12.7. The van der Waals surface area contributed by atoms with Crippen molar-refractivity contribution in [3.05, 3.63) is 41.0 Å². The molecule has 0 spiro atoms. The number of carbonyl (C=O) groups excluding carboxylic acids is 1.